The van der Waals surface area contributed by atoms with E-state index in [1.165, 1.54) is 29.1 Å². The summed E-state index contributed by atoms with van der Waals surface area (Å²) in [6.45, 7) is 0. The Morgan fingerprint density at radius 2 is 0.808 bits per heavy atom. The lowest BCUT2D eigenvalue weighted by Crippen LogP contribution is -2.60. The van der Waals surface area contributed by atoms with Gasteiger partial charge < -0.3 is 0 Å². The first kappa shape index (κ1) is 25.6. The van der Waals surface area contributed by atoms with Crippen molar-refractivity contribution in [1.82, 2.24) is 0 Å². The van der Waals surface area contributed by atoms with Crippen LogP contribution in [0.1, 0.15) is 70.6 Å². The summed E-state index contributed by atoms with van der Waals surface area (Å²) in [6, 6.07) is 1.28. The smallest absolute Gasteiger partial charge is 0.200 e. The second-order valence-electron chi connectivity index (χ2n) is 6.64. The van der Waals surface area contributed by atoms with E-state index in [9.17, 15) is 39.5 Å². The standard InChI is InChI=1S/C16H27F9Si/c17-13(18,14(19,20)15(21,22)16(23,24)25)11-9-7-5-3-1-2-4-6-8-10-12-26/h1-12H2,26H3. The van der Waals surface area contributed by atoms with Gasteiger partial charge in [-0.1, -0.05) is 63.8 Å². The molecule has 0 heterocycles. The maximum absolute atomic E-state index is 13.3. The average molecular weight is 418 g/mol. The Balaban J connectivity index is 4.11. The molecule has 0 nitrogen and oxygen atoms in total. The SMILES string of the molecule is FC(F)(F)C(F)(F)C(F)(F)C(F)(F)CCCCCCCCCCCC[SiH3]. The molecule has 0 radical (unpaired) electrons. The van der Waals surface area contributed by atoms with Gasteiger partial charge in [-0.3, -0.25) is 0 Å². The van der Waals surface area contributed by atoms with Gasteiger partial charge in [0.1, 0.15) is 0 Å². The third kappa shape index (κ3) is 7.30. The van der Waals surface area contributed by atoms with Crippen molar-refractivity contribution in [2.24, 2.45) is 0 Å². The van der Waals surface area contributed by atoms with Gasteiger partial charge in [-0.05, 0) is 6.42 Å². The average Bonchev–Trinajstić information content (AvgIpc) is 2.51. The molecule has 0 rings (SSSR count). The van der Waals surface area contributed by atoms with Crippen molar-refractivity contribution >= 4 is 10.2 Å². The molecule has 0 atom stereocenters. The zero-order valence-electron chi connectivity index (χ0n) is 14.9. The minimum Gasteiger partial charge on any atom is -0.200 e. The summed E-state index contributed by atoms with van der Waals surface area (Å²) in [5.74, 6) is -18.7. The third-order valence-electron chi connectivity index (χ3n) is 4.30. The van der Waals surface area contributed by atoms with E-state index in [-0.39, 0.29) is 6.42 Å². The minimum absolute atomic E-state index is 0.0870. The molecule has 0 fully saturated rings. The fourth-order valence-corrected chi connectivity index (χ4v) is 3.08. The highest BCUT2D eigenvalue weighted by atomic mass is 28.1. The molecule has 10 heteroatoms. The van der Waals surface area contributed by atoms with E-state index in [1.807, 2.05) is 0 Å². The molecular formula is C16H27F9Si. The van der Waals surface area contributed by atoms with Crippen molar-refractivity contribution in [3.05, 3.63) is 0 Å². The maximum atomic E-state index is 13.3. The molecule has 158 valence electrons. The van der Waals surface area contributed by atoms with Crippen molar-refractivity contribution in [3.8, 4) is 0 Å². The van der Waals surface area contributed by atoms with E-state index in [2.05, 4.69) is 0 Å². The number of unbranched alkanes of at least 4 members (excludes halogenated alkanes) is 9. The Labute approximate surface area is 151 Å². The molecule has 0 amide bonds. The Morgan fingerprint density at radius 1 is 0.462 bits per heavy atom. The van der Waals surface area contributed by atoms with Crippen molar-refractivity contribution in [1.29, 1.82) is 0 Å². The van der Waals surface area contributed by atoms with E-state index in [4.69, 9.17) is 0 Å². The van der Waals surface area contributed by atoms with Gasteiger partial charge in [0.05, 0.1) is 0 Å². The summed E-state index contributed by atoms with van der Waals surface area (Å²) < 4.78 is 114. The van der Waals surface area contributed by atoms with Gasteiger partial charge in [0.25, 0.3) is 0 Å². The molecule has 0 aliphatic heterocycles. The van der Waals surface area contributed by atoms with Gasteiger partial charge in [-0.2, -0.15) is 39.5 Å². The zero-order valence-corrected chi connectivity index (χ0v) is 16.9. The summed E-state index contributed by atoms with van der Waals surface area (Å²) in [5, 5.41) is 0. The lowest BCUT2D eigenvalue weighted by Gasteiger charge is -2.33. The van der Waals surface area contributed by atoms with Gasteiger partial charge in [0.15, 0.2) is 0 Å². The van der Waals surface area contributed by atoms with E-state index in [0.717, 1.165) is 25.7 Å². The Morgan fingerprint density at radius 3 is 1.15 bits per heavy atom. The van der Waals surface area contributed by atoms with Crippen LogP contribution in [0.2, 0.25) is 6.04 Å². The fourth-order valence-electron chi connectivity index (χ4n) is 2.58. The molecule has 0 aliphatic rings. The predicted octanol–water partition coefficient (Wildman–Crippen LogP) is 6.53. The molecule has 0 spiro atoms. The van der Waals surface area contributed by atoms with Crippen molar-refractivity contribution in [3.63, 3.8) is 0 Å². The van der Waals surface area contributed by atoms with E-state index in [0.29, 0.717) is 12.8 Å². The van der Waals surface area contributed by atoms with Crippen LogP contribution >= 0.6 is 0 Å². The lowest BCUT2D eigenvalue weighted by molar-refractivity contribution is -0.396. The second-order valence-corrected chi connectivity index (χ2v) is 7.64. The first-order chi connectivity index (χ1) is 11.8. The van der Waals surface area contributed by atoms with Crippen LogP contribution in [-0.2, 0) is 0 Å². The van der Waals surface area contributed by atoms with Crippen LogP contribution in [0.5, 0.6) is 0 Å². The molecule has 0 aliphatic carbocycles. The number of hydrogen-bond acceptors (Lipinski definition) is 0. The molecular weight excluding hydrogens is 391 g/mol. The van der Waals surface area contributed by atoms with Crippen LogP contribution in [0, 0.1) is 0 Å². The largest absolute Gasteiger partial charge is 0.460 e. The normalized spacial score (nSPS) is 14.2. The van der Waals surface area contributed by atoms with E-state index >= 15 is 0 Å². The Hall–Kier alpha value is -0.413. The monoisotopic (exact) mass is 418 g/mol. The fraction of sp³-hybridized carbons (Fsp3) is 1.00. The first-order valence-corrected chi connectivity index (χ1v) is 10.4. The summed E-state index contributed by atoms with van der Waals surface area (Å²) in [6.07, 6.45) is -1.26. The van der Waals surface area contributed by atoms with Crippen LogP contribution in [-0.4, -0.2) is 34.2 Å². The highest BCUT2D eigenvalue weighted by molar-refractivity contribution is 6.08. The summed E-state index contributed by atoms with van der Waals surface area (Å²) >= 11 is 0. The number of hydrogen-bond donors (Lipinski definition) is 0. The molecule has 0 aromatic carbocycles. The minimum atomic E-state index is -6.77. The predicted molar refractivity (Wildman–Crippen MR) is 86.4 cm³/mol. The van der Waals surface area contributed by atoms with Gasteiger partial charge in [0.2, 0.25) is 0 Å². The maximum Gasteiger partial charge on any atom is 0.460 e. The topological polar surface area (TPSA) is 0 Å². The summed E-state index contributed by atoms with van der Waals surface area (Å²) in [5.41, 5.74) is 0. The van der Waals surface area contributed by atoms with Crippen molar-refractivity contribution in [2.75, 3.05) is 0 Å². The van der Waals surface area contributed by atoms with E-state index < -0.39 is 36.8 Å². The summed E-state index contributed by atoms with van der Waals surface area (Å²) in [7, 11) is 1.20. The van der Waals surface area contributed by atoms with Crippen LogP contribution < -0.4 is 0 Å². The van der Waals surface area contributed by atoms with Crippen molar-refractivity contribution in [2.45, 2.75) is 101 Å². The zero-order chi connectivity index (χ0) is 20.5. The van der Waals surface area contributed by atoms with Gasteiger partial charge in [0, 0.05) is 16.7 Å². The van der Waals surface area contributed by atoms with Crippen molar-refractivity contribution < 1.29 is 39.5 Å². The van der Waals surface area contributed by atoms with E-state index in [1.54, 1.807) is 0 Å². The second kappa shape index (κ2) is 10.8. The summed E-state index contributed by atoms with van der Waals surface area (Å²) in [4.78, 5) is 0. The van der Waals surface area contributed by atoms with Gasteiger partial charge in [-0.25, -0.2) is 0 Å². The Bertz CT molecular complexity index is 380. The number of rotatable bonds is 14. The van der Waals surface area contributed by atoms with Crippen LogP contribution in [0.3, 0.4) is 0 Å². The van der Waals surface area contributed by atoms with Crippen LogP contribution in [0.15, 0.2) is 0 Å². The molecule has 0 saturated carbocycles. The molecule has 0 saturated heterocycles. The molecule has 0 N–H and O–H groups in total. The molecule has 0 unspecified atom stereocenters. The molecule has 26 heavy (non-hydrogen) atoms. The van der Waals surface area contributed by atoms with Crippen LogP contribution in [0.4, 0.5) is 39.5 Å². The molecule has 0 bridgehead atoms. The number of halogens is 9. The van der Waals surface area contributed by atoms with Gasteiger partial charge in [-0.15, -0.1) is 0 Å². The third-order valence-corrected chi connectivity index (χ3v) is 5.01. The molecule has 0 aromatic heterocycles. The number of alkyl halides is 9. The van der Waals surface area contributed by atoms with Gasteiger partial charge >= 0.3 is 23.9 Å². The highest BCUT2D eigenvalue weighted by Gasteiger charge is 2.81. The molecule has 0 aromatic rings. The quantitative estimate of drug-likeness (QED) is 0.171. The lowest BCUT2D eigenvalue weighted by atomic mass is 9.97. The van der Waals surface area contributed by atoms with Crippen LogP contribution in [0.25, 0.3) is 0 Å². The highest BCUT2D eigenvalue weighted by Crippen LogP contribution is 2.54. The first-order valence-electron chi connectivity index (χ1n) is 9.01. The Kier molecular flexibility index (Phi) is 10.6.